The Bertz CT molecular complexity index is 1180. The summed E-state index contributed by atoms with van der Waals surface area (Å²) in [5.41, 5.74) is 6.83. The van der Waals surface area contributed by atoms with Crippen LogP contribution in [0.3, 0.4) is 0 Å². The lowest BCUT2D eigenvalue weighted by molar-refractivity contribution is -0.464. The largest absolute Gasteiger partial charge is 0.378 e. The van der Waals surface area contributed by atoms with E-state index in [4.69, 9.17) is 0 Å². The number of nitrogens with one attached hydrogen (secondary N) is 2. The van der Waals surface area contributed by atoms with E-state index in [2.05, 4.69) is 69.0 Å². The Morgan fingerprint density at radius 3 is 2.54 bits per heavy atom. The molecule has 2 N–H and O–H groups in total. The van der Waals surface area contributed by atoms with E-state index in [1.54, 1.807) is 0 Å². The molecule has 0 saturated heterocycles. The second kappa shape index (κ2) is 7.24. The van der Waals surface area contributed by atoms with Crippen molar-refractivity contribution in [3.8, 4) is 6.07 Å². The van der Waals surface area contributed by atoms with Crippen LogP contribution in [0.5, 0.6) is 0 Å². The monoisotopic (exact) mass is 370 g/mol. The lowest BCUT2D eigenvalue weighted by Gasteiger charge is -2.13. The molecule has 28 heavy (non-hydrogen) atoms. The Labute approximate surface area is 164 Å². The molecule has 4 aromatic rings. The predicted molar refractivity (Wildman–Crippen MR) is 114 cm³/mol. The number of nitriles is 1. The molecule has 140 valence electrons. The quantitative estimate of drug-likeness (QED) is 0.507. The molecule has 0 spiro atoms. The SMILES string of the molecule is CCCc1cc(Nc2ccc(N(C)C)cc2)[n+]2c([nH]c3ccccc32)c1C#N. The average molecular weight is 370 g/mol. The van der Waals surface area contributed by atoms with Crippen molar-refractivity contribution in [3.63, 3.8) is 0 Å². The molecule has 0 radical (unpaired) electrons. The van der Waals surface area contributed by atoms with Crippen LogP contribution in [0.15, 0.2) is 54.6 Å². The van der Waals surface area contributed by atoms with Gasteiger partial charge in [0.05, 0.1) is 5.69 Å². The molecule has 2 aromatic carbocycles. The minimum atomic E-state index is 0.714. The second-order valence-corrected chi connectivity index (χ2v) is 7.18. The van der Waals surface area contributed by atoms with E-state index in [1.807, 2.05) is 32.3 Å². The number of benzene rings is 2. The van der Waals surface area contributed by atoms with Crippen LogP contribution in [0, 0.1) is 11.3 Å². The predicted octanol–water partition coefficient (Wildman–Crippen LogP) is 4.54. The summed E-state index contributed by atoms with van der Waals surface area (Å²) >= 11 is 0. The maximum Gasteiger partial charge on any atom is 0.250 e. The fraction of sp³-hybridized carbons (Fsp3) is 0.217. The first kappa shape index (κ1) is 17.9. The molecule has 5 nitrogen and oxygen atoms in total. The molecule has 0 aliphatic rings. The number of fused-ring (bicyclic) bond motifs is 3. The van der Waals surface area contributed by atoms with E-state index in [1.165, 1.54) is 0 Å². The minimum absolute atomic E-state index is 0.714. The molecule has 0 fully saturated rings. The van der Waals surface area contributed by atoms with Crippen LogP contribution in [-0.2, 0) is 6.42 Å². The van der Waals surface area contributed by atoms with Gasteiger partial charge < -0.3 is 4.90 Å². The number of para-hydroxylation sites is 2. The van der Waals surface area contributed by atoms with Crippen LogP contribution in [0.25, 0.3) is 16.7 Å². The maximum atomic E-state index is 9.82. The molecule has 5 heteroatoms. The highest BCUT2D eigenvalue weighted by molar-refractivity contribution is 5.77. The fourth-order valence-corrected chi connectivity index (χ4v) is 3.63. The Morgan fingerprint density at radius 2 is 1.86 bits per heavy atom. The minimum Gasteiger partial charge on any atom is -0.378 e. The number of H-pyrrole nitrogens is 1. The summed E-state index contributed by atoms with van der Waals surface area (Å²) in [5.74, 6) is 0.951. The van der Waals surface area contributed by atoms with Crippen molar-refractivity contribution in [2.24, 2.45) is 0 Å². The van der Waals surface area contributed by atoms with Gasteiger partial charge >= 0.3 is 0 Å². The molecule has 0 amide bonds. The number of anilines is 3. The van der Waals surface area contributed by atoms with Crippen molar-refractivity contribution in [3.05, 3.63) is 65.7 Å². The summed E-state index contributed by atoms with van der Waals surface area (Å²) in [6.07, 6.45) is 1.85. The van der Waals surface area contributed by atoms with E-state index in [9.17, 15) is 5.26 Å². The van der Waals surface area contributed by atoms with Gasteiger partial charge in [-0.05, 0) is 48.4 Å². The number of aryl methyl sites for hydroxylation is 1. The molecule has 0 bridgehead atoms. The smallest absolute Gasteiger partial charge is 0.250 e. The number of imidazole rings is 1. The second-order valence-electron chi connectivity index (χ2n) is 7.18. The molecule has 2 aromatic heterocycles. The number of aromatic nitrogens is 2. The molecule has 4 rings (SSSR count). The summed E-state index contributed by atoms with van der Waals surface area (Å²) in [5, 5.41) is 13.4. The summed E-state index contributed by atoms with van der Waals surface area (Å²) in [6, 6.07) is 21.0. The van der Waals surface area contributed by atoms with Crippen LogP contribution in [0.4, 0.5) is 17.2 Å². The highest BCUT2D eigenvalue weighted by atomic mass is 15.1. The van der Waals surface area contributed by atoms with Crippen LogP contribution in [0.1, 0.15) is 24.5 Å². The Kier molecular flexibility index (Phi) is 4.62. The van der Waals surface area contributed by atoms with E-state index in [0.29, 0.717) is 5.56 Å². The Morgan fingerprint density at radius 1 is 1.11 bits per heavy atom. The normalized spacial score (nSPS) is 10.9. The van der Waals surface area contributed by atoms with Crippen molar-refractivity contribution >= 4 is 33.9 Å². The van der Waals surface area contributed by atoms with Gasteiger partial charge in [-0.3, -0.25) is 10.3 Å². The number of pyridine rings is 1. The topological polar surface area (TPSA) is 58.9 Å². The lowest BCUT2D eigenvalue weighted by Crippen LogP contribution is -2.26. The van der Waals surface area contributed by atoms with Crippen molar-refractivity contribution in [1.82, 2.24) is 4.98 Å². The fourth-order valence-electron chi connectivity index (χ4n) is 3.63. The number of nitrogens with zero attached hydrogens (tertiary/aromatic N) is 3. The first-order chi connectivity index (χ1) is 13.6. The zero-order valence-electron chi connectivity index (χ0n) is 16.5. The van der Waals surface area contributed by atoms with Crippen molar-refractivity contribution < 1.29 is 4.40 Å². The van der Waals surface area contributed by atoms with Crippen molar-refractivity contribution in [2.45, 2.75) is 19.8 Å². The molecule has 2 heterocycles. The highest BCUT2D eigenvalue weighted by Crippen LogP contribution is 2.25. The van der Waals surface area contributed by atoms with Gasteiger partial charge in [-0.1, -0.05) is 25.5 Å². The van der Waals surface area contributed by atoms with Gasteiger partial charge in [-0.2, -0.15) is 9.66 Å². The Balaban J connectivity index is 1.92. The maximum absolute atomic E-state index is 9.82. The summed E-state index contributed by atoms with van der Waals surface area (Å²) in [6.45, 7) is 2.14. The van der Waals surface area contributed by atoms with E-state index < -0.39 is 0 Å². The molecule has 0 aliphatic carbocycles. The van der Waals surface area contributed by atoms with Gasteiger partial charge in [0.1, 0.15) is 22.7 Å². The van der Waals surface area contributed by atoms with Crippen LogP contribution in [0.2, 0.25) is 0 Å². The summed E-state index contributed by atoms with van der Waals surface area (Å²) < 4.78 is 2.10. The molecular formula is C23H24N5+. The molecule has 0 aliphatic heterocycles. The highest BCUT2D eigenvalue weighted by Gasteiger charge is 2.21. The van der Waals surface area contributed by atoms with Gasteiger partial charge in [-0.25, -0.2) is 0 Å². The first-order valence-electron chi connectivity index (χ1n) is 9.55. The summed E-state index contributed by atoms with van der Waals surface area (Å²) in [4.78, 5) is 5.52. The van der Waals surface area contributed by atoms with Crippen molar-refractivity contribution in [1.29, 1.82) is 5.26 Å². The number of rotatable bonds is 5. The zero-order valence-corrected chi connectivity index (χ0v) is 16.5. The van der Waals surface area contributed by atoms with Gasteiger partial charge in [-0.15, -0.1) is 0 Å². The van der Waals surface area contributed by atoms with Gasteiger partial charge in [0.2, 0.25) is 11.5 Å². The third-order valence-electron chi connectivity index (χ3n) is 5.02. The van der Waals surface area contributed by atoms with Gasteiger partial charge in [0.15, 0.2) is 0 Å². The van der Waals surface area contributed by atoms with Gasteiger partial charge in [0.25, 0.3) is 0 Å². The third kappa shape index (κ3) is 3.03. The molecule has 0 atom stereocenters. The average Bonchev–Trinajstić information content (AvgIpc) is 3.08. The number of hydrogen-bond donors (Lipinski definition) is 2. The molecular weight excluding hydrogens is 346 g/mol. The zero-order chi connectivity index (χ0) is 19.7. The van der Waals surface area contributed by atoms with Gasteiger partial charge in [0, 0.05) is 25.8 Å². The number of aromatic amines is 1. The molecule has 0 unspecified atom stereocenters. The first-order valence-corrected chi connectivity index (χ1v) is 9.55. The van der Waals surface area contributed by atoms with Crippen LogP contribution >= 0.6 is 0 Å². The number of hydrogen-bond acceptors (Lipinski definition) is 3. The van der Waals surface area contributed by atoms with Crippen molar-refractivity contribution in [2.75, 3.05) is 24.3 Å². The van der Waals surface area contributed by atoms with E-state index >= 15 is 0 Å². The van der Waals surface area contributed by atoms with Crippen LogP contribution in [-0.4, -0.2) is 19.1 Å². The van der Waals surface area contributed by atoms with Crippen LogP contribution < -0.4 is 14.6 Å². The van der Waals surface area contributed by atoms with E-state index in [-0.39, 0.29) is 0 Å². The molecule has 0 saturated carbocycles. The lowest BCUT2D eigenvalue weighted by atomic mass is 10.1. The van der Waals surface area contributed by atoms with E-state index in [0.717, 1.165) is 52.3 Å². The summed E-state index contributed by atoms with van der Waals surface area (Å²) in [7, 11) is 4.07. The Hall–Kier alpha value is -3.52. The third-order valence-corrected chi connectivity index (χ3v) is 5.02. The standard InChI is InChI=1S/C23H23N5/c1-4-7-16-14-22(25-17-10-12-18(13-11-17)27(2)3)28-21-9-6-5-8-20(21)26-23(28)19(16)15-24/h5-6,8-14H,4,7H2,1-3H3,(H,25,26)/p+1.